The lowest BCUT2D eigenvalue weighted by molar-refractivity contribution is -0.116. The lowest BCUT2D eigenvalue weighted by atomic mass is 10.2. The maximum Gasteiger partial charge on any atom is 0.258 e. The van der Waals surface area contributed by atoms with Crippen LogP contribution < -0.4 is 11.3 Å². The number of furan rings is 1. The van der Waals surface area contributed by atoms with Crippen LogP contribution in [-0.2, 0) is 4.79 Å². The molecule has 0 saturated carbocycles. The van der Waals surface area contributed by atoms with Gasteiger partial charge in [-0.3, -0.25) is 10.2 Å². The van der Waals surface area contributed by atoms with Crippen LogP contribution in [0.15, 0.2) is 49.8 Å². The van der Waals surface area contributed by atoms with E-state index in [0.717, 1.165) is 14.5 Å². The maximum atomic E-state index is 11.0. The fourth-order valence-corrected chi connectivity index (χ4v) is 2.72. The third-order valence-electron chi connectivity index (χ3n) is 2.36. The molecule has 1 amide bonds. The van der Waals surface area contributed by atoms with Crippen molar-refractivity contribution in [1.29, 1.82) is 0 Å². The number of amides is 1. The summed E-state index contributed by atoms with van der Waals surface area (Å²) in [5.41, 5.74) is 2.95. The smallest absolute Gasteiger partial charge is 0.258 e. The van der Waals surface area contributed by atoms with Crippen LogP contribution in [0, 0.1) is 0 Å². The molecular weight excluding hydrogens is 376 g/mol. The van der Waals surface area contributed by atoms with Crippen LogP contribution in [0.4, 0.5) is 0 Å². The number of benzene rings is 1. The van der Waals surface area contributed by atoms with E-state index in [2.05, 4.69) is 31.9 Å². The van der Waals surface area contributed by atoms with Gasteiger partial charge in [0.05, 0.1) is 0 Å². The molecule has 6 heteroatoms. The summed E-state index contributed by atoms with van der Waals surface area (Å²) in [7, 11) is 0. The summed E-state index contributed by atoms with van der Waals surface area (Å²) in [6.45, 7) is 0. The molecule has 0 unspecified atom stereocenters. The molecule has 1 heterocycles. The molecule has 0 radical (unpaired) electrons. The average Bonchev–Trinajstić information content (AvgIpc) is 2.84. The number of carbonyl (C=O) groups excluding carboxylic acids is 1. The standard InChI is InChI=1S/C13H10Br2N2O2/c14-8-1-4-10(11(15)7-8)12-5-2-9(19-12)3-6-13(18)17-16/h1-7H,16H2,(H,17,18)/b6-3+. The molecule has 0 aliphatic rings. The Kier molecular flexibility index (Phi) is 4.57. The van der Waals surface area contributed by atoms with E-state index in [-0.39, 0.29) is 5.91 Å². The van der Waals surface area contributed by atoms with Crippen molar-refractivity contribution in [2.75, 3.05) is 0 Å². The third kappa shape index (κ3) is 3.56. The van der Waals surface area contributed by atoms with Crippen LogP contribution in [-0.4, -0.2) is 5.91 Å². The van der Waals surface area contributed by atoms with Gasteiger partial charge in [0.25, 0.3) is 5.91 Å². The number of halogens is 2. The Labute approximate surface area is 126 Å². The van der Waals surface area contributed by atoms with Gasteiger partial charge in [-0.25, -0.2) is 5.84 Å². The minimum Gasteiger partial charge on any atom is -0.457 e. The number of carbonyl (C=O) groups is 1. The first-order valence-electron chi connectivity index (χ1n) is 5.34. The highest BCUT2D eigenvalue weighted by Crippen LogP contribution is 2.32. The van der Waals surface area contributed by atoms with Gasteiger partial charge in [0, 0.05) is 20.6 Å². The van der Waals surface area contributed by atoms with Gasteiger partial charge in [-0.2, -0.15) is 0 Å². The molecule has 0 spiro atoms. The monoisotopic (exact) mass is 384 g/mol. The van der Waals surface area contributed by atoms with E-state index < -0.39 is 0 Å². The molecule has 0 fully saturated rings. The molecule has 0 saturated heterocycles. The molecule has 0 aliphatic heterocycles. The predicted octanol–water partition coefficient (Wildman–Crippen LogP) is 3.47. The molecule has 0 bridgehead atoms. The topological polar surface area (TPSA) is 68.3 Å². The second kappa shape index (κ2) is 6.18. The van der Waals surface area contributed by atoms with Gasteiger partial charge in [0.15, 0.2) is 0 Å². The first-order chi connectivity index (χ1) is 9.10. The molecule has 19 heavy (non-hydrogen) atoms. The van der Waals surface area contributed by atoms with Crippen molar-refractivity contribution < 1.29 is 9.21 Å². The van der Waals surface area contributed by atoms with Gasteiger partial charge in [-0.15, -0.1) is 0 Å². The van der Waals surface area contributed by atoms with E-state index in [9.17, 15) is 4.79 Å². The van der Waals surface area contributed by atoms with E-state index in [1.165, 1.54) is 6.08 Å². The molecule has 0 aliphatic carbocycles. The maximum absolute atomic E-state index is 11.0. The van der Waals surface area contributed by atoms with Crippen LogP contribution in [0.5, 0.6) is 0 Å². The van der Waals surface area contributed by atoms with Gasteiger partial charge in [0.1, 0.15) is 11.5 Å². The fourth-order valence-electron chi connectivity index (χ4n) is 1.48. The van der Waals surface area contributed by atoms with Crippen LogP contribution in [0.25, 0.3) is 17.4 Å². The first-order valence-corrected chi connectivity index (χ1v) is 6.92. The van der Waals surface area contributed by atoms with Gasteiger partial charge < -0.3 is 4.42 Å². The van der Waals surface area contributed by atoms with Crippen molar-refractivity contribution in [3.05, 3.63) is 51.1 Å². The Bertz CT molecular complexity index is 635. The highest BCUT2D eigenvalue weighted by Gasteiger charge is 2.07. The second-order valence-corrected chi connectivity index (χ2v) is 5.44. The Balaban J connectivity index is 2.26. The molecule has 3 N–H and O–H groups in total. The Morgan fingerprint density at radius 2 is 2.05 bits per heavy atom. The summed E-state index contributed by atoms with van der Waals surface area (Å²) in [6, 6.07) is 9.43. The highest BCUT2D eigenvalue weighted by atomic mass is 79.9. The van der Waals surface area contributed by atoms with Crippen LogP contribution in [0.1, 0.15) is 5.76 Å². The van der Waals surface area contributed by atoms with Gasteiger partial charge in [-0.05, 0) is 52.3 Å². The lowest BCUT2D eigenvalue weighted by Gasteiger charge is -2.01. The summed E-state index contributed by atoms with van der Waals surface area (Å²) < 4.78 is 7.54. The van der Waals surface area contributed by atoms with Crippen molar-refractivity contribution in [2.24, 2.45) is 5.84 Å². The predicted molar refractivity (Wildman–Crippen MR) is 80.9 cm³/mol. The molecule has 1 aromatic carbocycles. The number of nitrogens with two attached hydrogens (primary N) is 1. The number of rotatable bonds is 3. The van der Waals surface area contributed by atoms with Crippen LogP contribution >= 0.6 is 31.9 Å². The summed E-state index contributed by atoms with van der Waals surface area (Å²) >= 11 is 6.87. The van der Waals surface area contributed by atoms with E-state index >= 15 is 0 Å². The van der Waals surface area contributed by atoms with Gasteiger partial charge in [0.2, 0.25) is 0 Å². The van der Waals surface area contributed by atoms with Crippen molar-refractivity contribution in [2.45, 2.75) is 0 Å². The van der Waals surface area contributed by atoms with Gasteiger partial charge >= 0.3 is 0 Å². The Hall–Kier alpha value is -1.37. The summed E-state index contributed by atoms with van der Waals surface area (Å²) in [6.07, 6.45) is 2.86. The van der Waals surface area contributed by atoms with Crippen molar-refractivity contribution in [3.8, 4) is 11.3 Å². The largest absolute Gasteiger partial charge is 0.457 e. The zero-order valence-electron chi connectivity index (χ0n) is 9.69. The second-order valence-electron chi connectivity index (χ2n) is 3.67. The number of hydrogen-bond donors (Lipinski definition) is 2. The van der Waals surface area contributed by atoms with E-state index in [1.807, 2.05) is 29.7 Å². The number of nitrogens with one attached hydrogen (secondary N) is 1. The zero-order valence-corrected chi connectivity index (χ0v) is 12.9. The molecule has 2 aromatic rings. The lowest BCUT2D eigenvalue weighted by Crippen LogP contribution is -2.27. The number of hydrazine groups is 1. The van der Waals surface area contributed by atoms with Gasteiger partial charge in [-0.1, -0.05) is 15.9 Å². The Morgan fingerprint density at radius 3 is 2.74 bits per heavy atom. The SMILES string of the molecule is NNC(=O)/C=C/c1ccc(-c2ccc(Br)cc2Br)o1. The first kappa shape index (κ1) is 14.0. The quantitative estimate of drug-likeness (QED) is 0.368. The minimum absolute atomic E-state index is 0.386. The Morgan fingerprint density at radius 1 is 1.26 bits per heavy atom. The average molecular weight is 386 g/mol. The summed E-state index contributed by atoms with van der Waals surface area (Å²) in [5.74, 6) is 5.88. The number of hydrogen-bond acceptors (Lipinski definition) is 3. The third-order valence-corrected chi connectivity index (χ3v) is 3.51. The van der Waals surface area contributed by atoms with Crippen LogP contribution in [0.3, 0.4) is 0 Å². The summed E-state index contributed by atoms with van der Waals surface area (Å²) in [5, 5.41) is 0. The van der Waals surface area contributed by atoms with Crippen molar-refractivity contribution >= 4 is 43.8 Å². The molecule has 98 valence electrons. The summed E-state index contributed by atoms with van der Waals surface area (Å²) in [4.78, 5) is 11.0. The normalized spacial score (nSPS) is 10.9. The van der Waals surface area contributed by atoms with E-state index in [0.29, 0.717) is 11.5 Å². The van der Waals surface area contributed by atoms with Crippen molar-refractivity contribution in [1.82, 2.24) is 5.43 Å². The fraction of sp³-hybridized carbons (Fsp3) is 0. The van der Waals surface area contributed by atoms with Crippen LogP contribution in [0.2, 0.25) is 0 Å². The molecule has 2 rings (SSSR count). The van der Waals surface area contributed by atoms with E-state index in [4.69, 9.17) is 10.3 Å². The van der Waals surface area contributed by atoms with Crippen molar-refractivity contribution in [3.63, 3.8) is 0 Å². The molecule has 0 atom stereocenters. The minimum atomic E-state index is -0.386. The highest BCUT2D eigenvalue weighted by molar-refractivity contribution is 9.11. The van der Waals surface area contributed by atoms with E-state index in [1.54, 1.807) is 12.1 Å². The zero-order chi connectivity index (χ0) is 13.8. The molecule has 4 nitrogen and oxygen atoms in total. The molecule has 1 aromatic heterocycles. The molecular formula is C13H10Br2N2O2.